The van der Waals surface area contributed by atoms with Gasteiger partial charge in [-0.1, -0.05) is 18.9 Å². The van der Waals surface area contributed by atoms with Crippen LogP contribution in [-0.4, -0.2) is 16.1 Å². The zero-order chi connectivity index (χ0) is 13.5. The van der Waals surface area contributed by atoms with E-state index in [1.54, 1.807) is 0 Å². The van der Waals surface area contributed by atoms with Gasteiger partial charge in [0.15, 0.2) is 0 Å². The van der Waals surface area contributed by atoms with Gasteiger partial charge in [0.05, 0.1) is 11.0 Å². The van der Waals surface area contributed by atoms with Crippen molar-refractivity contribution in [2.45, 2.75) is 50.5 Å². The lowest BCUT2D eigenvalue weighted by molar-refractivity contribution is 0.394. The molecular weight excluding hydrogens is 246 g/mol. The Hall–Kier alpha value is -1.35. The summed E-state index contributed by atoms with van der Waals surface area (Å²) < 4.78 is 2.30. The number of piperidine rings is 1. The topological polar surface area (TPSA) is 29.9 Å². The van der Waals surface area contributed by atoms with Gasteiger partial charge in [-0.3, -0.25) is 0 Å². The number of aromatic nitrogens is 2. The van der Waals surface area contributed by atoms with Crippen LogP contribution in [0.2, 0.25) is 0 Å². The number of nitrogens with zero attached hydrogens (tertiary/aromatic N) is 2. The Bertz CT molecular complexity index is 618. The summed E-state index contributed by atoms with van der Waals surface area (Å²) in [5.41, 5.74) is 3.88. The van der Waals surface area contributed by atoms with Crippen LogP contribution in [0.1, 0.15) is 61.9 Å². The number of hydrogen-bond acceptors (Lipinski definition) is 2. The first-order valence-electron chi connectivity index (χ1n) is 8.02. The molecule has 1 saturated heterocycles. The van der Waals surface area contributed by atoms with Gasteiger partial charge in [-0.25, -0.2) is 4.98 Å². The van der Waals surface area contributed by atoms with Gasteiger partial charge >= 0.3 is 0 Å². The molecule has 2 aliphatic rings. The van der Waals surface area contributed by atoms with Crippen LogP contribution in [0.25, 0.3) is 11.0 Å². The van der Waals surface area contributed by atoms with Gasteiger partial charge in [0.2, 0.25) is 0 Å². The van der Waals surface area contributed by atoms with Crippen LogP contribution < -0.4 is 5.32 Å². The number of aryl methyl sites for hydroxylation is 1. The Kier molecular flexibility index (Phi) is 3.03. The number of rotatable bonds is 2. The molecule has 1 aromatic heterocycles. The molecule has 20 heavy (non-hydrogen) atoms. The highest BCUT2D eigenvalue weighted by molar-refractivity contribution is 5.77. The molecule has 0 amide bonds. The molecule has 1 aromatic carbocycles. The van der Waals surface area contributed by atoms with Gasteiger partial charge in [0, 0.05) is 19.0 Å². The third kappa shape index (κ3) is 1.96. The third-order valence-corrected chi connectivity index (χ3v) is 5.12. The van der Waals surface area contributed by atoms with Crippen molar-refractivity contribution in [3.63, 3.8) is 0 Å². The molecule has 0 radical (unpaired) electrons. The first-order chi connectivity index (χ1) is 9.83. The average Bonchev–Trinajstić information content (AvgIpc) is 2.75. The fourth-order valence-corrected chi connectivity index (χ4v) is 3.62. The normalized spacial score (nSPS) is 23.9. The van der Waals surface area contributed by atoms with Gasteiger partial charge in [-0.2, -0.15) is 0 Å². The summed E-state index contributed by atoms with van der Waals surface area (Å²) in [7, 11) is 2.17. The molecule has 1 unspecified atom stereocenters. The van der Waals surface area contributed by atoms with Gasteiger partial charge in [-0.05, 0) is 49.9 Å². The van der Waals surface area contributed by atoms with Crippen LogP contribution >= 0.6 is 0 Å². The monoisotopic (exact) mass is 269 g/mol. The maximum atomic E-state index is 4.92. The van der Waals surface area contributed by atoms with Crippen molar-refractivity contribution in [1.29, 1.82) is 0 Å². The lowest BCUT2D eigenvalue weighted by Gasteiger charge is -2.24. The van der Waals surface area contributed by atoms with Crippen molar-refractivity contribution in [2.75, 3.05) is 6.54 Å². The SMILES string of the molecule is Cn1c(C2CCC2)nc2cc(C3CCCCN3)ccc21. The van der Waals surface area contributed by atoms with Gasteiger partial charge in [0.1, 0.15) is 5.82 Å². The van der Waals surface area contributed by atoms with Crippen molar-refractivity contribution >= 4 is 11.0 Å². The van der Waals surface area contributed by atoms with E-state index >= 15 is 0 Å². The quantitative estimate of drug-likeness (QED) is 0.901. The first kappa shape index (κ1) is 12.4. The highest BCUT2D eigenvalue weighted by Gasteiger charge is 2.25. The smallest absolute Gasteiger partial charge is 0.112 e. The van der Waals surface area contributed by atoms with E-state index in [4.69, 9.17) is 4.98 Å². The van der Waals surface area contributed by atoms with Crippen LogP contribution in [0.5, 0.6) is 0 Å². The highest BCUT2D eigenvalue weighted by Crippen LogP contribution is 2.37. The summed E-state index contributed by atoms with van der Waals surface area (Å²) in [5.74, 6) is 1.99. The van der Waals surface area contributed by atoms with E-state index in [1.807, 2.05) is 0 Å². The van der Waals surface area contributed by atoms with Gasteiger partial charge in [0.25, 0.3) is 0 Å². The van der Waals surface area contributed by atoms with E-state index in [0.29, 0.717) is 12.0 Å². The molecule has 2 fully saturated rings. The summed E-state index contributed by atoms with van der Waals surface area (Å²) in [6.45, 7) is 1.15. The lowest BCUT2D eigenvalue weighted by atomic mass is 9.85. The summed E-state index contributed by atoms with van der Waals surface area (Å²) in [6, 6.07) is 7.39. The second-order valence-corrected chi connectivity index (χ2v) is 6.41. The predicted octanol–water partition coefficient (Wildman–Crippen LogP) is 3.66. The molecule has 0 bridgehead atoms. The van der Waals surface area contributed by atoms with E-state index in [1.165, 1.54) is 60.9 Å². The molecule has 2 heterocycles. The average molecular weight is 269 g/mol. The second kappa shape index (κ2) is 4.88. The van der Waals surface area contributed by atoms with E-state index in [0.717, 1.165) is 6.54 Å². The predicted molar refractivity (Wildman–Crippen MR) is 81.9 cm³/mol. The van der Waals surface area contributed by atoms with Crippen LogP contribution in [0, 0.1) is 0 Å². The highest BCUT2D eigenvalue weighted by atomic mass is 15.1. The zero-order valence-electron chi connectivity index (χ0n) is 12.2. The fraction of sp³-hybridized carbons (Fsp3) is 0.588. The zero-order valence-corrected chi connectivity index (χ0v) is 12.2. The van der Waals surface area contributed by atoms with Gasteiger partial charge in [-0.15, -0.1) is 0 Å². The summed E-state index contributed by atoms with van der Waals surface area (Å²) in [4.78, 5) is 4.92. The summed E-state index contributed by atoms with van der Waals surface area (Å²) in [5, 5.41) is 3.63. The number of hydrogen-bond donors (Lipinski definition) is 1. The van der Waals surface area contributed by atoms with E-state index < -0.39 is 0 Å². The Morgan fingerprint density at radius 3 is 2.75 bits per heavy atom. The molecule has 1 N–H and O–H groups in total. The van der Waals surface area contributed by atoms with E-state index in [2.05, 4.69) is 35.1 Å². The largest absolute Gasteiger partial charge is 0.331 e. The molecular formula is C17H23N3. The van der Waals surface area contributed by atoms with Crippen LogP contribution in [0.3, 0.4) is 0 Å². The standard InChI is InChI=1S/C17H23N3/c1-20-16-9-8-13(14-7-2-3-10-18-14)11-15(16)19-17(20)12-5-4-6-12/h8-9,11-12,14,18H,2-7,10H2,1H3. The number of nitrogens with one attached hydrogen (secondary N) is 1. The van der Waals surface area contributed by atoms with E-state index in [9.17, 15) is 0 Å². The van der Waals surface area contributed by atoms with Crippen molar-refractivity contribution < 1.29 is 0 Å². The van der Waals surface area contributed by atoms with E-state index in [-0.39, 0.29) is 0 Å². The molecule has 0 spiro atoms. The Balaban J connectivity index is 1.71. The van der Waals surface area contributed by atoms with Crippen molar-refractivity contribution in [2.24, 2.45) is 7.05 Å². The minimum atomic E-state index is 0.530. The lowest BCUT2D eigenvalue weighted by Crippen LogP contribution is -2.26. The number of fused-ring (bicyclic) bond motifs is 1. The summed E-state index contributed by atoms with van der Waals surface area (Å²) in [6.07, 6.45) is 7.90. The van der Waals surface area contributed by atoms with Crippen LogP contribution in [0.15, 0.2) is 18.2 Å². The molecule has 106 valence electrons. The van der Waals surface area contributed by atoms with Crippen molar-refractivity contribution in [3.05, 3.63) is 29.6 Å². The fourth-order valence-electron chi connectivity index (χ4n) is 3.62. The van der Waals surface area contributed by atoms with Crippen LogP contribution in [0.4, 0.5) is 0 Å². The second-order valence-electron chi connectivity index (χ2n) is 6.41. The summed E-state index contributed by atoms with van der Waals surface area (Å²) >= 11 is 0. The minimum absolute atomic E-state index is 0.530. The maximum Gasteiger partial charge on any atom is 0.112 e. The molecule has 1 aliphatic carbocycles. The molecule has 1 saturated carbocycles. The molecule has 4 rings (SSSR count). The Morgan fingerprint density at radius 2 is 2.05 bits per heavy atom. The minimum Gasteiger partial charge on any atom is -0.331 e. The molecule has 1 aliphatic heterocycles. The Morgan fingerprint density at radius 1 is 1.15 bits per heavy atom. The molecule has 1 atom stereocenters. The molecule has 2 aromatic rings. The van der Waals surface area contributed by atoms with Gasteiger partial charge < -0.3 is 9.88 Å². The third-order valence-electron chi connectivity index (χ3n) is 5.12. The van der Waals surface area contributed by atoms with Crippen molar-refractivity contribution in [1.82, 2.24) is 14.9 Å². The first-order valence-corrected chi connectivity index (χ1v) is 8.02. The number of imidazole rings is 1. The van der Waals surface area contributed by atoms with Crippen LogP contribution in [-0.2, 0) is 7.05 Å². The number of benzene rings is 1. The maximum absolute atomic E-state index is 4.92. The molecule has 3 nitrogen and oxygen atoms in total. The molecule has 3 heteroatoms. The van der Waals surface area contributed by atoms with Crippen molar-refractivity contribution in [3.8, 4) is 0 Å². The Labute approximate surface area is 120 Å².